The number of benzene rings is 1. The lowest BCUT2D eigenvalue weighted by Gasteiger charge is -2.29. The van der Waals surface area contributed by atoms with Gasteiger partial charge in [-0.3, -0.25) is 25.3 Å². The minimum Gasteiger partial charge on any atom is -0.410 e. The average molecular weight is 559 g/mol. The molecular weight excluding hydrogens is 520 g/mol. The summed E-state index contributed by atoms with van der Waals surface area (Å²) >= 11 is 0. The Morgan fingerprint density at radius 3 is 2.59 bits per heavy atom. The van der Waals surface area contributed by atoms with Gasteiger partial charge in [-0.2, -0.15) is 5.06 Å². The third-order valence-corrected chi connectivity index (χ3v) is 7.41. The number of amides is 4. The maximum Gasteiger partial charge on any atom is 0.345 e. The van der Waals surface area contributed by atoms with Gasteiger partial charge in [-0.15, -0.1) is 5.10 Å². The number of tetrazole rings is 1. The first-order valence-electron chi connectivity index (χ1n) is 13.3. The van der Waals surface area contributed by atoms with Crippen LogP contribution in [0.1, 0.15) is 57.5 Å². The van der Waals surface area contributed by atoms with Crippen molar-refractivity contribution in [2.24, 2.45) is 5.41 Å². The molecule has 2 aromatic rings. The quantitative estimate of drug-likeness (QED) is 0.331. The van der Waals surface area contributed by atoms with E-state index in [2.05, 4.69) is 60.2 Å². The second-order valence-electron chi connectivity index (χ2n) is 11.4. The van der Waals surface area contributed by atoms with Gasteiger partial charge in [0, 0.05) is 6.54 Å². The highest BCUT2D eigenvalue weighted by Crippen LogP contribution is 2.32. The van der Waals surface area contributed by atoms with Crippen molar-refractivity contribution in [2.75, 3.05) is 6.54 Å². The summed E-state index contributed by atoms with van der Waals surface area (Å²) in [6, 6.07) is 8.41. The number of hydroxylamine groups is 2. The molecule has 1 aromatic heterocycles. The molecule has 2 saturated heterocycles. The van der Waals surface area contributed by atoms with Crippen LogP contribution < -0.4 is 10.9 Å². The summed E-state index contributed by atoms with van der Waals surface area (Å²) in [6.45, 7) is 10.9. The van der Waals surface area contributed by atoms with E-state index in [1.165, 1.54) is 14.6 Å². The van der Waals surface area contributed by atoms with Crippen LogP contribution in [0.5, 0.6) is 0 Å². The number of hydrogen-bond donors (Lipinski definition) is 2. The number of fused-ring (bicyclic) bond motifs is 2. The largest absolute Gasteiger partial charge is 0.410 e. The van der Waals surface area contributed by atoms with Crippen molar-refractivity contribution >= 4 is 26.9 Å². The summed E-state index contributed by atoms with van der Waals surface area (Å²) in [5, 5.41) is 13.2. The van der Waals surface area contributed by atoms with Gasteiger partial charge in [0.1, 0.15) is 25.3 Å². The summed E-state index contributed by atoms with van der Waals surface area (Å²) in [5.74, 6) is -0.483. The van der Waals surface area contributed by atoms with Crippen LogP contribution in [-0.2, 0) is 32.0 Å². The van der Waals surface area contributed by atoms with E-state index in [1.54, 1.807) is 0 Å². The molecule has 0 radical (unpaired) electrons. The number of aromatic nitrogens is 4. The van der Waals surface area contributed by atoms with E-state index in [-0.39, 0.29) is 36.7 Å². The Morgan fingerprint density at radius 1 is 1.15 bits per heavy atom. The molecule has 2 bridgehead atoms. The Kier molecular flexibility index (Phi) is 8.97. The minimum atomic E-state index is -1.41. The lowest BCUT2D eigenvalue weighted by atomic mass is 9.89. The van der Waals surface area contributed by atoms with E-state index >= 15 is 0 Å². The van der Waals surface area contributed by atoms with Crippen LogP contribution in [0.15, 0.2) is 30.3 Å². The van der Waals surface area contributed by atoms with E-state index in [4.69, 9.17) is 9.26 Å². The number of carbonyl (C=O) groups is 3. The number of rotatable bonds is 10. The van der Waals surface area contributed by atoms with E-state index in [0.29, 0.717) is 31.6 Å². The number of urea groups is 1. The standard InChI is InChI=1S/C25H38N8O5Si/c1-25(2,3)13-20(38-39(4)5)22-27-29-30-32(22)15-21(34)26-28-23(35)19-12-11-18-14-31(19)24(36)33(18)37-16-17-9-7-6-8-10-17/h6-10,18-20,39H,11-16H2,1-5H3,(H,26,34)(H,28,35)/t18-,19+,20?/m1/s1. The molecule has 0 aliphatic carbocycles. The average Bonchev–Trinajstić information content (AvgIpc) is 3.43. The summed E-state index contributed by atoms with van der Waals surface area (Å²) in [5.41, 5.74) is 5.81. The highest BCUT2D eigenvalue weighted by atomic mass is 28.3. The number of nitrogens with one attached hydrogen (secondary N) is 2. The SMILES string of the molecule is C[SiH](C)OC(CC(C)(C)C)c1nnnn1CC(=O)NNC(=O)[C@@H]1CC[C@@H]2CN1C(=O)N2OCc1ccccc1. The molecule has 1 unspecified atom stereocenters. The fourth-order valence-electron chi connectivity index (χ4n) is 4.82. The fraction of sp³-hybridized carbons (Fsp3) is 0.600. The van der Waals surface area contributed by atoms with E-state index < -0.39 is 26.9 Å². The molecule has 14 heteroatoms. The zero-order valence-corrected chi connectivity index (χ0v) is 24.3. The van der Waals surface area contributed by atoms with E-state index in [1.807, 2.05) is 30.3 Å². The van der Waals surface area contributed by atoms with Gasteiger partial charge in [-0.05, 0) is 53.8 Å². The Labute approximate surface area is 229 Å². The normalized spacial score (nSPS) is 19.9. The molecule has 1 aromatic carbocycles. The molecule has 0 saturated carbocycles. The summed E-state index contributed by atoms with van der Waals surface area (Å²) in [4.78, 5) is 45.9. The highest BCUT2D eigenvalue weighted by molar-refractivity contribution is 6.48. The fourth-order valence-corrected chi connectivity index (χ4v) is 5.69. The van der Waals surface area contributed by atoms with Crippen LogP contribution in [0.4, 0.5) is 4.79 Å². The molecule has 2 aliphatic rings. The topological polar surface area (TPSA) is 144 Å². The summed E-state index contributed by atoms with van der Waals surface area (Å²) in [7, 11) is -1.41. The molecule has 2 fully saturated rings. The van der Waals surface area contributed by atoms with Crippen LogP contribution >= 0.6 is 0 Å². The summed E-state index contributed by atoms with van der Waals surface area (Å²) < 4.78 is 7.58. The third-order valence-electron chi connectivity index (χ3n) is 6.54. The first-order valence-corrected chi connectivity index (χ1v) is 16.1. The van der Waals surface area contributed by atoms with Crippen molar-refractivity contribution in [3.8, 4) is 0 Å². The molecule has 2 aliphatic heterocycles. The molecule has 2 N–H and O–H groups in total. The predicted octanol–water partition coefficient (Wildman–Crippen LogP) is 1.70. The second-order valence-corrected chi connectivity index (χ2v) is 13.8. The van der Waals surface area contributed by atoms with Gasteiger partial charge in [-0.25, -0.2) is 9.48 Å². The van der Waals surface area contributed by atoms with Crippen LogP contribution in [0.25, 0.3) is 0 Å². The number of hydrogen-bond acceptors (Lipinski definition) is 8. The van der Waals surface area contributed by atoms with Gasteiger partial charge in [0.05, 0.1) is 6.04 Å². The predicted molar refractivity (Wildman–Crippen MR) is 143 cm³/mol. The molecular formula is C25H38N8O5Si. The number of hydrazine groups is 1. The molecule has 4 rings (SSSR count). The monoisotopic (exact) mass is 558 g/mol. The maximum atomic E-state index is 13.0. The Balaban J connectivity index is 1.30. The van der Waals surface area contributed by atoms with Gasteiger partial charge in [0.2, 0.25) is 0 Å². The number of piperidine rings is 1. The lowest BCUT2D eigenvalue weighted by Crippen LogP contribution is -2.54. The first-order chi connectivity index (χ1) is 18.5. The summed E-state index contributed by atoms with van der Waals surface area (Å²) in [6.07, 6.45) is 1.43. The molecule has 3 heterocycles. The Bertz CT molecular complexity index is 1150. The molecule has 3 atom stereocenters. The van der Waals surface area contributed by atoms with Crippen LogP contribution in [0, 0.1) is 5.41 Å². The van der Waals surface area contributed by atoms with Crippen molar-refractivity contribution in [3.05, 3.63) is 41.7 Å². The van der Waals surface area contributed by atoms with Crippen LogP contribution in [0.3, 0.4) is 0 Å². The maximum absolute atomic E-state index is 13.0. The van der Waals surface area contributed by atoms with Crippen molar-refractivity contribution in [1.29, 1.82) is 0 Å². The van der Waals surface area contributed by atoms with Crippen molar-refractivity contribution in [3.63, 3.8) is 0 Å². The molecule has 39 heavy (non-hydrogen) atoms. The molecule has 212 valence electrons. The van der Waals surface area contributed by atoms with E-state index in [0.717, 1.165) is 5.56 Å². The van der Waals surface area contributed by atoms with Crippen LogP contribution in [0.2, 0.25) is 13.1 Å². The van der Waals surface area contributed by atoms with Gasteiger partial charge in [0.15, 0.2) is 14.9 Å². The van der Waals surface area contributed by atoms with Crippen molar-refractivity contribution in [2.45, 2.75) is 84.5 Å². The van der Waals surface area contributed by atoms with Crippen molar-refractivity contribution < 1.29 is 23.6 Å². The van der Waals surface area contributed by atoms with Gasteiger partial charge in [-0.1, -0.05) is 51.1 Å². The Hall–Kier alpha value is -3.36. The number of carbonyl (C=O) groups excluding carboxylic acids is 3. The zero-order valence-electron chi connectivity index (χ0n) is 23.2. The molecule has 0 spiro atoms. The lowest BCUT2D eigenvalue weighted by molar-refractivity contribution is -0.140. The van der Waals surface area contributed by atoms with Gasteiger partial charge >= 0.3 is 6.03 Å². The third kappa shape index (κ3) is 7.39. The van der Waals surface area contributed by atoms with Gasteiger partial charge < -0.3 is 9.33 Å². The highest BCUT2D eigenvalue weighted by Gasteiger charge is 2.48. The van der Waals surface area contributed by atoms with E-state index in [9.17, 15) is 14.4 Å². The molecule has 13 nitrogen and oxygen atoms in total. The van der Waals surface area contributed by atoms with Gasteiger partial charge in [0.25, 0.3) is 11.8 Å². The zero-order chi connectivity index (χ0) is 28.2. The number of nitrogens with zero attached hydrogens (tertiary/aromatic N) is 6. The smallest absolute Gasteiger partial charge is 0.345 e. The van der Waals surface area contributed by atoms with Crippen LogP contribution in [-0.4, -0.2) is 75.7 Å². The molecule has 4 amide bonds. The van der Waals surface area contributed by atoms with Crippen molar-refractivity contribution in [1.82, 2.24) is 41.0 Å². The first kappa shape index (κ1) is 28.6. The minimum absolute atomic E-state index is 0.0326. The second kappa shape index (κ2) is 12.2. The Morgan fingerprint density at radius 2 is 1.90 bits per heavy atom.